The highest BCUT2D eigenvalue weighted by molar-refractivity contribution is 7.92. The van der Waals surface area contributed by atoms with Crippen LogP contribution in [0, 0.1) is 6.92 Å². The van der Waals surface area contributed by atoms with Crippen molar-refractivity contribution in [2.24, 2.45) is 7.05 Å². The van der Waals surface area contributed by atoms with Gasteiger partial charge in [-0.2, -0.15) is 26.6 Å². The molecule has 3 aromatic carbocycles. The first-order chi connectivity index (χ1) is 27.5. The van der Waals surface area contributed by atoms with E-state index in [1.165, 1.54) is 44.4 Å². The molecule has 5 aromatic rings. The van der Waals surface area contributed by atoms with E-state index < -0.39 is 57.5 Å². The van der Waals surface area contributed by atoms with Crippen molar-refractivity contribution in [3.63, 3.8) is 0 Å². The first-order valence-electron chi connectivity index (χ1n) is 16.9. The topological polar surface area (TPSA) is 175 Å². The van der Waals surface area contributed by atoms with Gasteiger partial charge in [0.05, 0.1) is 40.5 Å². The number of aryl methyl sites for hydroxylation is 2. The van der Waals surface area contributed by atoms with Crippen LogP contribution >= 0.6 is 23.2 Å². The van der Waals surface area contributed by atoms with Gasteiger partial charge in [-0.3, -0.25) is 14.1 Å². The Balaban J connectivity index is 0.000000288. The average Bonchev–Trinajstić information content (AvgIpc) is 3.45. The van der Waals surface area contributed by atoms with Gasteiger partial charge in [0, 0.05) is 18.7 Å². The minimum absolute atomic E-state index is 0.0257. The summed E-state index contributed by atoms with van der Waals surface area (Å²) in [6.07, 6.45) is -4.01. The quantitative estimate of drug-likeness (QED) is 0.115. The van der Waals surface area contributed by atoms with Crippen molar-refractivity contribution in [3.05, 3.63) is 125 Å². The Kier molecular flexibility index (Phi) is 14.4. The molecule has 0 aliphatic rings. The second-order valence-electron chi connectivity index (χ2n) is 12.5. The van der Waals surface area contributed by atoms with Crippen molar-refractivity contribution in [2.45, 2.75) is 52.6 Å². The molecule has 0 amide bonds. The Morgan fingerprint density at radius 3 is 2.15 bits per heavy atom. The highest BCUT2D eigenvalue weighted by Gasteiger charge is 2.35. The number of carbonyl (C=O) groups excluding carboxylic acids is 1. The number of halogens is 7. The Labute approximate surface area is 342 Å². The summed E-state index contributed by atoms with van der Waals surface area (Å²) >= 11 is 11.8. The van der Waals surface area contributed by atoms with Crippen molar-refractivity contribution in [1.29, 1.82) is 0 Å². The third-order valence-electron chi connectivity index (χ3n) is 8.21. The average molecular weight is 894 g/mol. The molecule has 5 rings (SSSR count). The third kappa shape index (κ3) is 11.1. The molecule has 318 valence electrons. The molecule has 2 aromatic heterocycles. The number of anilines is 1. The first-order valence-corrected chi connectivity index (χ1v) is 19.5. The second kappa shape index (κ2) is 18.5. The lowest BCUT2D eigenvalue weighted by Gasteiger charge is -2.17. The molecule has 1 atom stereocenters. The van der Waals surface area contributed by atoms with Crippen LogP contribution in [-0.2, 0) is 45.8 Å². The van der Waals surface area contributed by atoms with Gasteiger partial charge in [0.25, 0.3) is 5.56 Å². The third-order valence-corrected chi connectivity index (χ3v) is 9.42. The van der Waals surface area contributed by atoms with Gasteiger partial charge in [0.15, 0.2) is 6.10 Å². The number of benzene rings is 3. The Morgan fingerprint density at radius 1 is 0.966 bits per heavy atom. The summed E-state index contributed by atoms with van der Waals surface area (Å²) in [4.78, 5) is 48.5. The molecule has 0 aliphatic carbocycles. The van der Waals surface area contributed by atoms with Crippen molar-refractivity contribution >= 4 is 44.9 Å². The molecule has 0 radical (unpaired) electrons. The predicted molar refractivity (Wildman–Crippen MR) is 207 cm³/mol. The summed E-state index contributed by atoms with van der Waals surface area (Å²) in [6, 6.07) is 14.0. The lowest BCUT2D eigenvalue weighted by molar-refractivity contribution is -0.148. The number of rotatable bonds is 12. The summed E-state index contributed by atoms with van der Waals surface area (Å²) < 4.78 is 108. The van der Waals surface area contributed by atoms with Crippen LogP contribution in [0.2, 0.25) is 10.0 Å². The van der Waals surface area contributed by atoms with Gasteiger partial charge in [0.1, 0.15) is 29.6 Å². The molecule has 0 fully saturated rings. The maximum Gasteiger partial charge on any atom is 0.431 e. The molecule has 2 heterocycles. The number of hydrogen-bond acceptors (Lipinski definition) is 10. The zero-order chi connectivity index (χ0) is 44.1. The molecule has 0 bridgehead atoms. The van der Waals surface area contributed by atoms with Crippen LogP contribution in [0.3, 0.4) is 0 Å². The lowest BCUT2D eigenvalue weighted by atomic mass is 10.1. The number of methoxy groups -OCH3 is 1. The number of alkyl halides is 5. The highest BCUT2D eigenvalue weighted by atomic mass is 35.5. The van der Waals surface area contributed by atoms with Crippen molar-refractivity contribution in [1.82, 2.24) is 23.5 Å². The van der Waals surface area contributed by atoms with Crippen molar-refractivity contribution in [3.8, 4) is 22.9 Å². The predicted octanol–water partition coefficient (Wildman–Crippen LogP) is 6.05. The molecule has 23 heteroatoms. The van der Waals surface area contributed by atoms with Crippen LogP contribution in [0.4, 0.5) is 27.6 Å². The smallest absolute Gasteiger partial charge is 0.431 e. The number of sulfonamides is 1. The number of aromatic nitrogens is 5. The molecule has 0 aliphatic heterocycles. The minimum atomic E-state index is -4.84. The van der Waals surface area contributed by atoms with Gasteiger partial charge in [-0.15, -0.1) is 5.10 Å². The number of nitrogens with zero attached hydrogens (tertiary/aromatic N) is 5. The van der Waals surface area contributed by atoms with E-state index in [9.17, 15) is 49.5 Å². The van der Waals surface area contributed by atoms with Gasteiger partial charge in [-0.05, 0) is 68.3 Å². The van der Waals surface area contributed by atoms with E-state index >= 15 is 0 Å². The Hall–Kier alpha value is -5.67. The Morgan fingerprint density at radius 2 is 1.61 bits per heavy atom. The normalized spacial score (nSPS) is 12.1. The van der Waals surface area contributed by atoms with E-state index in [1.54, 1.807) is 6.92 Å². The molecule has 0 saturated heterocycles. The molecule has 1 N–H and O–H groups in total. The maximum atomic E-state index is 13.1. The number of esters is 1. The van der Waals surface area contributed by atoms with Crippen LogP contribution in [0.1, 0.15) is 43.0 Å². The molecular weight excluding hydrogens is 858 g/mol. The number of ether oxygens (including phenoxy) is 3. The van der Waals surface area contributed by atoms with Crippen LogP contribution < -0.4 is 31.1 Å². The molecule has 0 saturated carbocycles. The fourth-order valence-corrected chi connectivity index (χ4v) is 6.41. The fraction of sp³-hybridized carbons (Fsp3) is 0.306. The summed E-state index contributed by atoms with van der Waals surface area (Å²) in [5, 5.41) is 3.63. The standard InChI is InChI=1S/C25H25F3N2O6.C11H10Cl2F2N4O3S/c1-5-16-6-7-17(20(12-16)36-15(2)23(32)34-4)14-35-19-10-8-18(9-11-19)30-22(31)13-21(25(26,27)28)29(3)24(30)33;1-5-16-19(11(20)18(5)10(14)15)9-4-8(17-23(2,21)22)6(12)3-7(9)13/h6-13,15H,5,14H2,1-4H3;3-4,10,17H,1-2H3. The minimum Gasteiger partial charge on any atom is -0.489 e. The summed E-state index contributed by atoms with van der Waals surface area (Å²) in [7, 11) is -1.43. The summed E-state index contributed by atoms with van der Waals surface area (Å²) in [5.41, 5.74) is -3.07. The summed E-state index contributed by atoms with van der Waals surface area (Å²) in [5.74, 6) is 0.0865. The Bertz CT molecular complexity index is 2650. The molecule has 59 heavy (non-hydrogen) atoms. The number of hydrogen-bond donors (Lipinski definition) is 1. The summed E-state index contributed by atoms with van der Waals surface area (Å²) in [6.45, 7) is 1.78. The maximum absolute atomic E-state index is 13.1. The van der Waals surface area contributed by atoms with Gasteiger partial charge < -0.3 is 14.2 Å². The van der Waals surface area contributed by atoms with E-state index in [0.717, 1.165) is 31.4 Å². The zero-order valence-corrected chi connectivity index (χ0v) is 34.1. The number of nitrogens with one attached hydrogen (secondary N) is 1. The van der Waals surface area contributed by atoms with Gasteiger partial charge >= 0.3 is 30.1 Å². The van der Waals surface area contributed by atoms with Crippen LogP contribution in [0.5, 0.6) is 11.5 Å². The van der Waals surface area contributed by atoms with E-state index in [4.69, 9.17) is 37.4 Å². The largest absolute Gasteiger partial charge is 0.489 e. The fourth-order valence-electron chi connectivity index (χ4n) is 5.28. The van der Waals surface area contributed by atoms with Gasteiger partial charge in [0.2, 0.25) is 10.0 Å². The van der Waals surface area contributed by atoms with Crippen LogP contribution in [0.15, 0.2) is 75.0 Å². The SMILES string of the molecule is CCc1ccc(COc2ccc(-n3c(=O)cc(C(F)(F)F)n(C)c3=O)cc2)c(OC(C)C(=O)OC)c1.Cc1nn(-c2cc(NS(C)(=O)=O)c(Cl)cc2Cl)c(=O)n1C(F)F. The van der Waals surface area contributed by atoms with Crippen LogP contribution in [-0.4, -0.2) is 57.3 Å². The second-order valence-corrected chi connectivity index (χ2v) is 15.0. The highest BCUT2D eigenvalue weighted by Crippen LogP contribution is 2.32. The van der Waals surface area contributed by atoms with Crippen LogP contribution in [0.25, 0.3) is 11.4 Å². The number of carbonyl (C=O) groups is 1. The van der Waals surface area contributed by atoms with Crippen molar-refractivity contribution < 1.29 is 49.4 Å². The van der Waals surface area contributed by atoms with E-state index in [0.29, 0.717) is 36.9 Å². The first kappa shape index (κ1) is 46.0. The van der Waals surface area contributed by atoms with Crippen molar-refractivity contribution in [2.75, 3.05) is 18.1 Å². The van der Waals surface area contributed by atoms with E-state index in [-0.39, 0.29) is 44.1 Å². The molecule has 0 spiro atoms. The molecule has 15 nitrogen and oxygen atoms in total. The molecular formula is C36H35Cl2F5N6O9S. The van der Waals surface area contributed by atoms with Gasteiger partial charge in [-0.1, -0.05) is 42.3 Å². The van der Waals surface area contributed by atoms with E-state index in [1.807, 2.05) is 25.1 Å². The molecule has 1 unspecified atom stereocenters. The van der Waals surface area contributed by atoms with E-state index in [2.05, 4.69) is 9.82 Å². The zero-order valence-electron chi connectivity index (χ0n) is 31.8. The van der Waals surface area contributed by atoms with Gasteiger partial charge in [-0.25, -0.2) is 31.9 Å². The monoisotopic (exact) mass is 892 g/mol. The lowest BCUT2D eigenvalue weighted by Crippen LogP contribution is -2.40.